The first-order valence-electron chi connectivity index (χ1n) is 10.8. The van der Waals surface area contributed by atoms with Crippen molar-refractivity contribution >= 4 is 45.6 Å². The van der Waals surface area contributed by atoms with E-state index in [4.69, 9.17) is 15.5 Å². The molecule has 34 heavy (non-hydrogen) atoms. The molecule has 0 bridgehead atoms. The summed E-state index contributed by atoms with van der Waals surface area (Å²) in [5, 5.41) is 2.87. The molecule has 0 aliphatic carbocycles. The maximum atomic E-state index is 12.7. The fourth-order valence-electron chi connectivity index (χ4n) is 3.81. The van der Waals surface area contributed by atoms with E-state index in [1.807, 2.05) is 42.5 Å². The van der Waals surface area contributed by atoms with Crippen LogP contribution in [-0.4, -0.2) is 33.0 Å². The number of carbonyl (C=O) groups is 2. The molecule has 0 spiro atoms. The van der Waals surface area contributed by atoms with Gasteiger partial charge >= 0.3 is 5.97 Å². The predicted octanol–water partition coefficient (Wildman–Crippen LogP) is 4.58. The van der Waals surface area contributed by atoms with Gasteiger partial charge in [-0.3, -0.25) is 9.36 Å². The van der Waals surface area contributed by atoms with Crippen molar-refractivity contribution in [3.63, 3.8) is 0 Å². The first kappa shape index (κ1) is 21.1. The number of nitrogens with zero attached hydrogens (tertiary/aromatic N) is 3. The van der Waals surface area contributed by atoms with Crippen LogP contribution < -0.4 is 11.1 Å². The number of hydrogen-bond acceptors (Lipinski definition) is 6. The van der Waals surface area contributed by atoms with Crippen LogP contribution in [0.3, 0.4) is 0 Å². The minimum absolute atomic E-state index is 0.177. The lowest BCUT2D eigenvalue weighted by Crippen LogP contribution is -2.11. The summed E-state index contributed by atoms with van der Waals surface area (Å²) in [6, 6.07) is 23.5. The predicted molar refractivity (Wildman–Crippen MR) is 131 cm³/mol. The van der Waals surface area contributed by atoms with Crippen molar-refractivity contribution in [1.29, 1.82) is 0 Å². The first-order chi connectivity index (χ1) is 16.6. The number of carbonyl (C=O) groups excluding carboxylic acids is 2. The van der Waals surface area contributed by atoms with E-state index in [1.165, 1.54) is 0 Å². The minimum Gasteiger partial charge on any atom is -0.462 e. The number of amides is 1. The van der Waals surface area contributed by atoms with Crippen LogP contribution in [0.2, 0.25) is 0 Å². The lowest BCUT2D eigenvalue weighted by molar-refractivity contribution is 0.0529. The molecule has 2 aromatic heterocycles. The molecule has 3 aromatic carbocycles. The molecule has 0 fully saturated rings. The van der Waals surface area contributed by atoms with Crippen LogP contribution in [0.15, 0.2) is 78.9 Å². The van der Waals surface area contributed by atoms with Crippen molar-refractivity contribution < 1.29 is 14.3 Å². The van der Waals surface area contributed by atoms with Gasteiger partial charge in [0.15, 0.2) is 5.65 Å². The van der Waals surface area contributed by atoms with Gasteiger partial charge in [0.05, 0.1) is 17.6 Å². The Kier molecular flexibility index (Phi) is 5.39. The molecule has 0 radical (unpaired) electrons. The summed E-state index contributed by atoms with van der Waals surface area (Å²) < 4.78 is 6.91. The molecule has 0 aliphatic heterocycles. The Morgan fingerprint density at radius 1 is 0.912 bits per heavy atom. The third-order valence-corrected chi connectivity index (χ3v) is 5.40. The summed E-state index contributed by atoms with van der Waals surface area (Å²) >= 11 is 0. The number of esters is 1. The van der Waals surface area contributed by atoms with Gasteiger partial charge in [-0.15, -0.1) is 0 Å². The lowest BCUT2D eigenvalue weighted by Gasteiger charge is -2.10. The zero-order valence-corrected chi connectivity index (χ0v) is 18.4. The number of nitrogens with two attached hydrogens (primary N) is 1. The summed E-state index contributed by atoms with van der Waals surface area (Å²) in [6.07, 6.45) is 0. The van der Waals surface area contributed by atoms with Gasteiger partial charge in [0, 0.05) is 16.9 Å². The summed E-state index contributed by atoms with van der Waals surface area (Å²) in [5.41, 5.74) is 10.6. The van der Waals surface area contributed by atoms with E-state index in [9.17, 15) is 9.59 Å². The second-order valence-corrected chi connectivity index (χ2v) is 7.57. The van der Waals surface area contributed by atoms with Gasteiger partial charge in [0.25, 0.3) is 5.91 Å². The van der Waals surface area contributed by atoms with Gasteiger partial charge in [-0.05, 0) is 55.5 Å². The average molecular weight is 451 g/mol. The summed E-state index contributed by atoms with van der Waals surface area (Å²) in [4.78, 5) is 34.6. The Hall–Kier alpha value is -4.72. The molecule has 3 N–H and O–H groups in total. The van der Waals surface area contributed by atoms with Gasteiger partial charge in [-0.25, -0.2) is 14.8 Å². The first-order valence-corrected chi connectivity index (χ1v) is 10.8. The second-order valence-electron chi connectivity index (χ2n) is 7.57. The molecule has 2 heterocycles. The number of para-hydroxylation sites is 2. The number of fused-ring (bicyclic) bond motifs is 2. The Labute approximate surface area is 195 Å². The zero-order chi connectivity index (χ0) is 23.7. The Morgan fingerprint density at radius 3 is 2.24 bits per heavy atom. The smallest absolute Gasteiger partial charge is 0.344 e. The molecule has 8 nitrogen and oxygen atoms in total. The molecular formula is C26H21N5O3. The van der Waals surface area contributed by atoms with E-state index in [2.05, 4.69) is 10.3 Å². The van der Waals surface area contributed by atoms with Gasteiger partial charge in [-0.2, -0.15) is 0 Å². The maximum Gasteiger partial charge on any atom is 0.344 e. The number of benzene rings is 3. The van der Waals surface area contributed by atoms with E-state index < -0.39 is 5.97 Å². The standard InChI is InChI=1S/C26H21N5O3/c1-2-34-26(33)21-22-24(30-20-11-7-6-10-19(20)29-22)31(23(21)27)18-14-12-17(13-15-18)28-25(32)16-8-4-3-5-9-16/h3-15H,2,27H2,1H3,(H,28,32). The van der Waals surface area contributed by atoms with Crippen LogP contribution in [0.25, 0.3) is 27.9 Å². The molecule has 0 unspecified atom stereocenters. The zero-order valence-electron chi connectivity index (χ0n) is 18.4. The highest BCUT2D eigenvalue weighted by molar-refractivity contribution is 6.09. The number of anilines is 2. The number of nitrogen functional groups attached to an aromatic ring is 1. The molecular weight excluding hydrogens is 430 g/mol. The van der Waals surface area contributed by atoms with E-state index in [0.29, 0.717) is 39.1 Å². The number of aromatic nitrogens is 3. The lowest BCUT2D eigenvalue weighted by atomic mass is 10.2. The second kappa shape index (κ2) is 8.67. The SMILES string of the molecule is CCOC(=O)c1c(N)n(-c2ccc(NC(=O)c3ccccc3)cc2)c2nc3ccccc3nc12. The van der Waals surface area contributed by atoms with Crippen molar-refractivity contribution in [2.24, 2.45) is 0 Å². The van der Waals surface area contributed by atoms with Crippen LogP contribution in [0, 0.1) is 0 Å². The third-order valence-electron chi connectivity index (χ3n) is 5.40. The van der Waals surface area contributed by atoms with Crippen LogP contribution in [0.1, 0.15) is 27.6 Å². The summed E-state index contributed by atoms with van der Waals surface area (Å²) in [7, 11) is 0. The van der Waals surface area contributed by atoms with E-state index >= 15 is 0 Å². The van der Waals surface area contributed by atoms with E-state index in [0.717, 1.165) is 0 Å². The monoisotopic (exact) mass is 451 g/mol. The van der Waals surface area contributed by atoms with E-state index in [-0.39, 0.29) is 23.9 Å². The van der Waals surface area contributed by atoms with Crippen LogP contribution in [0.4, 0.5) is 11.5 Å². The van der Waals surface area contributed by atoms with Gasteiger partial charge in [0.1, 0.15) is 16.9 Å². The van der Waals surface area contributed by atoms with Crippen molar-refractivity contribution in [2.75, 3.05) is 17.7 Å². The van der Waals surface area contributed by atoms with Gasteiger partial charge < -0.3 is 15.8 Å². The topological polar surface area (TPSA) is 112 Å². The molecule has 0 saturated heterocycles. The maximum absolute atomic E-state index is 12.7. The highest BCUT2D eigenvalue weighted by atomic mass is 16.5. The highest BCUT2D eigenvalue weighted by Gasteiger charge is 2.25. The number of hydrogen-bond donors (Lipinski definition) is 2. The third kappa shape index (κ3) is 3.71. The molecule has 168 valence electrons. The summed E-state index contributed by atoms with van der Waals surface area (Å²) in [5.74, 6) is -0.578. The molecule has 0 aliphatic rings. The quantitative estimate of drug-likeness (QED) is 0.378. The van der Waals surface area contributed by atoms with Crippen molar-refractivity contribution in [3.8, 4) is 5.69 Å². The molecule has 0 atom stereocenters. The summed E-state index contributed by atoms with van der Waals surface area (Å²) in [6.45, 7) is 1.94. The number of rotatable bonds is 5. The average Bonchev–Trinajstić information content (AvgIpc) is 3.14. The highest BCUT2D eigenvalue weighted by Crippen LogP contribution is 2.32. The minimum atomic E-state index is -0.555. The largest absolute Gasteiger partial charge is 0.462 e. The normalized spacial score (nSPS) is 11.0. The fourth-order valence-corrected chi connectivity index (χ4v) is 3.81. The van der Waals surface area contributed by atoms with Gasteiger partial charge in [-0.1, -0.05) is 30.3 Å². The number of nitrogens with one attached hydrogen (secondary N) is 1. The molecule has 0 saturated carbocycles. The molecule has 1 amide bonds. The molecule has 5 rings (SSSR count). The molecule has 5 aromatic rings. The number of ether oxygens (including phenoxy) is 1. The fraction of sp³-hybridized carbons (Fsp3) is 0.0769. The Bertz CT molecular complexity index is 1530. The molecule has 8 heteroatoms. The van der Waals surface area contributed by atoms with Gasteiger partial charge in [0.2, 0.25) is 0 Å². The van der Waals surface area contributed by atoms with Crippen LogP contribution >= 0.6 is 0 Å². The Morgan fingerprint density at radius 2 is 1.56 bits per heavy atom. The van der Waals surface area contributed by atoms with Crippen molar-refractivity contribution in [2.45, 2.75) is 6.92 Å². The van der Waals surface area contributed by atoms with Crippen LogP contribution in [-0.2, 0) is 4.74 Å². The van der Waals surface area contributed by atoms with Crippen molar-refractivity contribution in [1.82, 2.24) is 14.5 Å². The Balaban J connectivity index is 1.59. The van der Waals surface area contributed by atoms with E-state index in [1.54, 1.807) is 47.9 Å². The van der Waals surface area contributed by atoms with Crippen LogP contribution in [0.5, 0.6) is 0 Å². The van der Waals surface area contributed by atoms with Crippen molar-refractivity contribution in [3.05, 3.63) is 90.0 Å².